The molecule has 10 heteroatoms. The van der Waals surface area contributed by atoms with E-state index in [9.17, 15) is 10.1 Å². The summed E-state index contributed by atoms with van der Waals surface area (Å²) in [5.41, 5.74) is 0.137. The first-order valence-electron chi connectivity index (χ1n) is 10.1. The number of nitriles is 1. The molecule has 0 N–H and O–H groups in total. The van der Waals surface area contributed by atoms with Gasteiger partial charge in [-0.25, -0.2) is 14.8 Å². The molecule has 1 unspecified atom stereocenters. The quantitative estimate of drug-likeness (QED) is 0.588. The third-order valence-electron chi connectivity index (χ3n) is 5.35. The molecule has 1 aromatic carbocycles. The van der Waals surface area contributed by atoms with Crippen LogP contribution in [0.5, 0.6) is 5.75 Å². The zero-order valence-corrected chi connectivity index (χ0v) is 19.9. The molecule has 1 saturated heterocycles. The minimum Gasteiger partial charge on any atom is -0.489 e. The van der Waals surface area contributed by atoms with E-state index in [0.29, 0.717) is 45.1 Å². The molecule has 3 heterocycles. The van der Waals surface area contributed by atoms with Crippen LogP contribution < -0.4 is 9.64 Å². The maximum Gasteiger partial charge on any atom is 0.410 e. The van der Waals surface area contributed by atoms with E-state index in [2.05, 4.69) is 36.9 Å². The van der Waals surface area contributed by atoms with E-state index in [1.807, 2.05) is 26.8 Å². The maximum absolute atomic E-state index is 12.6. The van der Waals surface area contributed by atoms with Gasteiger partial charge in [0.1, 0.15) is 24.4 Å². The van der Waals surface area contributed by atoms with Gasteiger partial charge in [0.05, 0.1) is 40.5 Å². The molecule has 8 nitrogen and oxygen atoms in total. The number of aromatic nitrogens is 2. The standard InChI is InChI=1S/C21H23BrClN5O3/c1-21(2,3)31-20(29)27-7-5-12(9-27)28-13(4-6-24)10-30-18-16-15(8-14(22)17(18)23)25-11-26-19(16)28/h8,11-13H,4-5,7,9-10H2,1-3H3/t12?,13-/m0/s1. The number of halogens is 2. The van der Waals surface area contributed by atoms with E-state index >= 15 is 0 Å². The van der Waals surface area contributed by atoms with Gasteiger partial charge in [0.2, 0.25) is 0 Å². The molecule has 1 amide bonds. The normalized spacial score (nSPS) is 20.9. The number of ether oxygens (including phenoxy) is 2. The molecule has 31 heavy (non-hydrogen) atoms. The molecule has 0 spiro atoms. The molecule has 0 saturated carbocycles. The second kappa shape index (κ2) is 8.32. The van der Waals surface area contributed by atoms with Gasteiger partial charge >= 0.3 is 6.09 Å². The van der Waals surface area contributed by atoms with E-state index in [1.54, 1.807) is 4.90 Å². The van der Waals surface area contributed by atoms with Crippen molar-refractivity contribution in [2.24, 2.45) is 0 Å². The zero-order chi connectivity index (χ0) is 22.3. The fraction of sp³-hybridized carbons (Fsp3) is 0.524. The number of hydrogen-bond acceptors (Lipinski definition) is 7. The van der Waals surface area contributed by atoms with Crippen LogP contribution in [0.1, 0.15) is 33.6 Å². The maximum atomic E-state index is 12.6. The van der Waals surface area contributed by atoms with Crippen LogP contribution in [0.25, 0.3) is 10.9 Å². The van der Waals surface area contributed by atoms with Gasteiger partial charge in [0.15, 0.2) is 5.75 Å². The van der Waals surface area contributed by atoms with Gasteiger partial charge in [-0.1, -0.05) is 11.6 Å². The fourth-order valence-electron chi connectivity index (χ4n) is 4.08. The number of carbonyl (C=O) groups is 1. The van der Waals surface area contributed by atoms with Crippen LogP contribution in [0, 0.1) is 11.3 Å². The second-order valence-electron chi connectivity index (χ2n) is 8.70. The van der Waals surface area contributed by atoms with Crippen molar-refractivity contribution in [1.82, 2.24) is 14.9 Å². The Balaban J connectivity index is 1.74. The second-order valence-corrected chi connectivity index (χ2v) is 9.93. The first-order valence-corrected chi connectivity index (χ1v) is 11.3. The Kier molecular flexibility index (Phi) is 5.88. The molecular weight excluding hydrogens is 486 g/mol. The Morgan fingerprint density at radius 1 is 1.45 bits per heavy atom. The van der Waals surface area contributed by atoms with Gasteiger partial charge in [0, 0.05) is 17.6 Å². The Morgan fingerprint density at radius 3 is 2.94 bits per heavy atom. The number of amides is 1. The van der Waals surface area contributed by atoms with Gasteiger partial charge in [0.25, 0.3) is 0 Å². The van der Waals surface area contributed by atoms with Crippen LogP contribution in [0.3, 0.4) is 0 Å². The summed E-state index contributed by atoms with van der Waals surface area (Å²) < 4.78 is 12.3. The summed E-state index contributed by atoms with van der Waals surface area (Å²) in [6.07, 6.45) is 2.15. The van der Waals surface area contributed by atoms with Crippen LogP contribution in [-0.4, -0.2) is 58.3 Å². The molecule has 1 fully saturated rings. The number of nitrogens with zero attached hydrogens (tertiary/aromatic N) is 5. The lowest BCUT2D eigenvalue weighted by Crippen LogP contribution is -2.48. The molecule has 0 aliphatic carbocycles. The molecule has 2 aliphatic rings. The van der Waals surface area contributed by atoms with Crippen LogP contribution in [0.4, 0.5) is 10.6 Å². The first kappa shape index (κ1) is 21.9. The van der Waals surface area contributed by atoms with Crippen LogP contribution >= 0.6 is 27.5 Å². The van der Waals surface area contributed by atoms with Crippen LogP contribution in [0.2, 0.25) is 5.02 Å². The molecule has 164 valence electrons. The highest BCUT2D eigenvalue weighted by molar-refractivity contribution is 9.10. The van der Waals surface area contributed by atoms with Crippen molar-refractivity contribution >= 4 is 50.3 Å². The third-order valence-corrected chi connectivity index (χ3v) is 6.58. The minimum absolute atomic E-state index is 0.0408. The summed E-state index contributed by atoms with van der Waals surface area (Å²) in [7, 11) is 0. The summed E-state index contributed by atoms with van der Waals surface area (Å²) in [6, 6.07) is 3.81. The number of carbonyl (C=O) groups excluding carboxylic acids is 1. The third kappa shape index (κ3) is 4.23. The van der Waals surface area contributed by atoms with E-state index in [4.69, 9.17) is 21.1 Å². The van der Waals surface area contributed by atoms with Crippen molar-refractivity contribution < 1.29 is 14.3 Å². The molecule has 0 bridgehead atoms. The van der Waals surface area contributed by atoms with Gasteiger partial charge in [-0.3, -0.25) is 0 Å². The molecule has 2 aromatic rings. The lowest BCUT2D eigenvalue weighted by Gasteiger charge is -2.35. The highest BCUT2D eigenvalue weighted by Gasteiger charge is 2.39. The summed E-state index contributed by atoms with van der Waals surface area (Å²) in [6.45, 7) is 6.87. The van der Waals surface area contributed by atoms with Crippen molar-refractivity contribution in [3.8, 4) is 11.8 Å². The minimum atomic E-state index is -0.559. The average Bonchev–Trinajstić information content (AvgIpc) is 3.11. The molecule has 2 aliphatic heterocycles. The van der Waals surface area contributed by atoms with E-state index in [1.165, 1.54) is 6.33 Å². The van der Waals surface area contributed by atoms with Crippen LogP contribution in [0.15, 0.2) is 16.9 Å². The number of likely N-dealkylation sites (tertiary alicyclic amines) is 1. The van der Waals surface area contributed by atoms with Crippen molar-refractivity contribution in [3.63, 3.8) is 0 Å². The van der Waals surface area contributed by atoms with E-state index in [-0.39, 0.29) is 31.2 Å². The Morgan fingerprint density at radius 2 is 2.23 bits per heavy atom. The van der Waals surface area contributed by atoms with Gasteiger partial charge in [-0.2, -0.15) is 5.26 Å². The summed E-state index contributed by atoms with van der Waals surface area (Å²) in [5, 5.41) is 10.6. The van der Waals surface area contributed by atoms with Crippen molar-refractivity contribution in [3.05, 3.63) is 21.9 Å². The lowest BCUT2D eigenvalue weighted by molar-refractivity contribution is 0.0292. The van der Waals surface area contributed by atoms with Crippen molar-refractivity contribution in [2.45, 2.75) is 51.3 Å². The Bertz CT molecular complexity index is 1070. The first-order chi connectivity index (χ1) is 14.7. The number of hydrogen-bond donors (Lipinski definition) is 0. The Labute approximate surface area is 194 Å². The predicted molar refractivity (Wildman–Crippen MR) is 120 cm³/mol. The van der Waals surface area contributed by atoms with Crippen molar-refractivity contribution in [1.29, 1.82) is 5.26 Å². The number of anilines is 1. The van der Waals surface area contributed by atoms with Gasteiger partial charge in [-0.05, 0) is 49.2 Å². The predicted octanol–water partition coefficient (Wildman–Crippen LogP) is 4.54. The average molecular weight is 509 g/mol. The van der Waals surface area contributed by atoms with E-state index < -0.39 is 5.60 Å². The molecule has 2 atom stereocenters. The largest absolute Gasteiger partial charge is 0.489 e. The monoisotopic (exact) mass is 507 g/mol. The molecule has 1 aromatic heterocycles. The summed E-state index contributed by atoms with van der Waals surface area (Å²) in [5.74, 6) is 1.18. The van der Waals surface area contributed by atoms with Crippen molar-refractivity contribution in [2.75, 3.05) is 24.6 Å². The topological polar surface area (TPSA) is 91.6 Å². The highest BCUT2D eigenvalue weighted by atomic mass is 79.9. The fourth-order valence-corrected chi connectivity index (χ4v) is 4.68. The summed E-state index contributed by atoms with van der Waals surface area (Å²) in [4.78, 5) is 25.4. The lowest BCUT2D eigenvalue weighted by atomic mass is 10.1. The smallest absolute Gasteiger partial charge is 0.410 e. The van der Waals surface area contributed by atoms with E-state index in [0.717, 1.165) is 6.42 Å². The highest BCUT2D eigenvalue weighted by Crippen LogP contribution is 2.45. The number of rotatable bonds is 2. The Hall–Kier alpha value is -2.31. The van der Waals surface area contributed by atoms with Gasteiger partial charge in [-0.15, -0.1) is 0 Å². The SMILES string of the molecule is CC(C)(C)OC(=O)N1CCC(N2c3ncnc4cc(Br)c(Cl)c(c34)OC[C@@H]2CC#N)C1. The molecule has 4 rings (SSSR count). The summed E-state index contributed by atoms with van der Waals surface area (Å²) >= 11 is 9.99. The molecule has 0 radical (unpaired) electrons. The number of benzene rings is 1. The van der Waals surface area contributed by atoms with Gasteiger partial charge < -0.3 is 19.3 Å². The van der Waals surface area contributed by atoms with Crippen LogP contribution in [-0.2, 0) is 4.74 Å². The zero-order valence-electron chi connectivity index (χ0n) is 17.6. The molecular formula is C21H23BrClN5O3.